The molecule has 0 saturated heterocycles. The van der Waals surface area contributed by atoms with Crippen molar-refractivity contribution in [2.45, 2.75) is 6.42 Å². The number of benzene rings is 4. The van der Waals surface area contributed by atoms with E-state index in [-0.39, 0.29) is 11.8 Å². The fourth-order valence-electron chi connectivity index (χ4n) is 3.32. The van der Waals surface area contributed by atoms with E-state index >= 15 is 0 Å². The lowest BCUT2D eigenvalue weighted by Crippen LogP contribution is -2.13. The number of ether oxygens (including phenoxy) is 1. The predicted molar refractivity (Wildman–Crippen MR) is 139 cm³/mol. The standard InChI is InChI=1S/C28H23BrN2O3/c29-25-19-22(11-16-26(25)34-18-17-20-7-3-1-4-8-20)28(33)31-24-14-12-23(13-15-24)30-27(32)21-9-5-2-6-10-21/h1-16,19H,17-18H2,(H,30,32)(H,31,33). The van der Waals surface area contributed by atoms with Crippen LogP contribution in [0.25, 0.3) is 0 Å². The zero-order valence-electron chi connectivity index (χ0n) is 18.3. The van der Waals surface area contributed by atoms with Crippen LogP contribution in [-0.2, 0) is 6.42 Å². The molecular formula is C28H23BrN2O3. The molecule has 34 heavy (non-hydrogen) atoms. The summed E-state index contributed by atoms with van der Waals surface area (Å²) in [5.41, 5.74) is 3.57. The van der Waals surface area contributed by atoms with Gasteiger partial charge in [-0.05, 0) is 76.1 Å². The average molecular weight is 515 g/mol. The largest absolute Gasteiger partial charge is 0.492 e. The number of hydrogen-bond acceptors (Lipinski definition) is 3. The van der Waals surface area contributed by atoms with E-state index in [4.69, 9.17) is 4.74 Å². The number of halogens is 1. The zero-order chi connectivity index (χ0) is 23.8. The molecule has 0 radical (unpaired) electrons. The first-order valence-electron chi connectivity index (χ1n) is 10.8. The van der Waals surface area contributed by atoms with Crippen molar-refractivity contribution in [3.63, 3.8) is 0 Å². The summed E-state index contributed by atoms with van der Waals surface area (Å²) in [4.78, 5) is 24.9. The van der Waals surface area contributed by atoms with Crippen LogP contribution in [0.1, 0.15) is 26.3 Å². The molecule has 2 amide bonds. The first-order valence-corrected chi connectivity index (χ1v) is 11.6. The molecule has 0 fully saturated rings. The Bertz CT molecular complexity index is 1260. The summed E-state index contributed by atoms with van der Waals surface area (Å²) in [5, 5.41) is 5.71. The Morgan fingerprint density at radius 3 is 1.82 bits per heavy atom. The van der Waals surface area contributed by atoms with Gasteiger partial charge in [0.1, 0.15) is 5.75 Å². The Hall–Kier alpha value is -3.90. The van der Waals surface area contributed by atoms with Gasteiger partial charge in [-0.15, -0.1) is 0 Å². The van der Waals surface area contributed by atoms with Gasteiger partial charge in [-0.3, -0.25) is 9.59 Å². The summed E-state index contributed by atoms with van der Waals surface area (Å²) >= 11 is 3.49. The van der Waals surface area contributed by atoms with Crippen LogP contribution in [0.2, 0.25) is 0 Å². The monoisotopic (exact) mass is 514 g/mol. The summed E-state index contributed by atoms with van der Waals surface area (Å²) in [7, 11) is 0. The number of carbonyl (C=O) groups excluding carboxylic acids is 2. The minimum atomic E-state index is -0.238. The average Bonchev–Trinajstić information content (AvgIpc) is 2.87. The van der Waals surface area contributed by atoms with Crippen LogP contribution < -0.4 is 15.4 Å². The molecule has 0 heterocycles. The number of nitrogens with one attached hydrogen (secondary N) is 2. The highest BCUT2D eigenvalue weighted by atomic mass is 79.9. The third-order valence-corrected chi connectivity index (χ3v) is 5.74. The fourth-order valence-corrected chi connectivity index (χ4v) is 3.81. The minimum Gasteiger partial charge on any atom is -0.492 e. The molecule has 0 saturated carbocycles. The Morgan fingerprint density at radius 1 is 0.676 bits per heavy atom. The van der Waals surface area contributed by atoms with Gasteiger partial charge in [0.2, 0.25) is 0 Å². The first-order chi connectivity index (χ1) is 16.6. The molecule has 0 bridgehead atoms. The van der Waals surface area contributed by atoms with Gasteiger partial charge in [0, 0.05) is 28.9 Å². The molecular weight excluding hydrogens is 492 g/mol. The number of carbonyl (C=O) groups is 2. The molecule has 4 aromatic rings. The van der Waals surface area contributed by atoms with E-state index < -0.39 is 0 Å². The Labute approximate surface area is 206 Å². The molecule has 0 spiro atoms. The van der Waals surface area contributed by atoms with Gasteiger partial charge in [-0.1, -0.05) is 48.5 Å². The second-order valence-corrected chi connectivity index (χ2v) is 8.44. The highest BCUT2D eigenvalue weighted by molar-refractivity contribution is 9.10. The fraction of sp³-hybridized carbons (Fsp3) is 0.0714. The SMILES string of the molecule is O=C(Nc1ccc(NC(=O)c2ccc(OCCc3ccccc3)c(Br)c2)cc1)c1ccccc1. The van der Waals surface area contributed by atoms with Crippen molar-refractivity contribution in [1.29, 1.82) is 0 Å². The van der Waals surface area contributed by atoms with Gasteiger partial charge in [-0.25, -0.2) is 0 Å². The van der Waals surface area contributed by atoms with Crippen LogP contribution in [0, 0.1) is 0 Å². The topological polar surface area (TPSA) is 67.4 Å². The van der Waals surface area contributed by atoms with E-state index in [1.165, 1.54) is 5.56 Å². The van der Waals surface area contributed by atoms with Gasteiger partial charge in [0.15, 0.2) is 0 Å². The van der Waals surface area contributed by atoms with E-state index in [1.807, 2.05) is 36.4 Å². The molecule has 0 aliphatic carbocycles. The maximum atomic E-state index is 12.7. The van der Waals surface area contributed by atoms with Crippen LogP contribution in [-0.4, -0.2) is 18.4 Å². The Morgan fingerprint density at radius 2 is 1.24 bits per heavy atom. The van der Waals surface area contributed by atoms with Gasteiger partial charge >= 0.3 is 0 Å². The molecule has 0 aromatic heterocycles. The smallest absolute Gasteiger partial charge is 0.255 e. The number of rotatable bonds is 8. The van der Waals surface area contributed by atoms with E-state index in [1.54, 1.807) is 54.6 Å². The summed E-state index contributed by atoms with van der Waals surface area (Å²) in [6.07, 6.45) is 0.803. The molecule has 5 nitrogen and oxygen atoms in total. The highest BCUT2D eigenvalue weighted by Gasteiger charge is 2.11. The normalized spacial score (nSPS) is 10.4. The van der Waals surface area contributed by atoms with Crippen LogP contribution in [0.15, 0.2) is 108 Å². The van der Waals surface area contributed by atoms with Crippen molar-refractivity contribution in [3.8, 4) is 5.75 Å². The van der Waals surface area contributed by atoms with Crippen molar-refractivity contribution < 1.29 is 14.3 Å². The summed E-state index contributed by atoms with van der Waals surface area (Å²) in [6.45, 7) is 0.543. The Balaban J connectivity index is 1.31. The van der Waals surface area contributed by atoms with Crippen molar-refractivity contribution >= 4 is 39.1 Å². The first kappa shape index (κ1) is 23.3. The number of anilines is 2. The number of amides is 2. The third-order valence-electron chi connectivity index (χ3n) is 5.12. The molecule has 6 heteroatoms. The maximum Gasteiger partial charge on any atom is 0.255 e. The molecule has 0 aliphatic heterocycles. The number of hydrogen-bond donors (Lipinski definition) is 2. The summed E-state index contributed by atoms with van der Waals surface area (Å²) in [5.74, 6) is 0.261. The van der Waals surface area contributed by atoms with Crippen molar-refractivity contribution in [1.82, 2.24) is 0 Å². The molecule has 0 unspecified atom stereocenters. The van der Waals surface area contributed by atoms with Gasteiger partial charge < -0.3 is 15.4 Å². The third kappa shape index (κ3) is 6.33. The zero-order valence-corrected chi connectivity index (χ0v) is 19.9. The minimum absolute atomic E-state index is 0.187. The lowest BCUT2D eigenvalue weighted by atomic mass is 10.1. The van der Waals surface area contributed by atoms with Crippen molar-refractivity contribution in [3.05, 3.63) is 124 Å². The lowest BCUT2D eigenvalue weighted by molar-refractivity contribution is 0.101. The Kier molecular flexibility index (Phi) is 7.73. The van der Waals surface area contributed by atoms with Crippen molar-refractivity contribution in [2.24, 2.45) is 0 Å². The van der Waals surface area contributed by atoms with Gasteiger partial charge in [0.25, 0.3) is 11.8 Å². The van der Waals surface area contributed by atoms with E-state index in [2.05, 4.69) is 38.7 Å². The molecule has 4 rings (SSSR count). The van der Waals surface area contributed by atoms with Crippen LogP contribution >= 0.6 is 15.9 Å². The molecule has 0 aliphatic rings. The van der Waals surface area contributed by atoms with E-state index in [0.29, 0.717) is 39.3 Å². The quantitative estimate of drug-likeness (QED) is 0.279. The molecule has 2 N–H and O–H groups in total. The van der Waals surface area contributed by atoms with Gasteiger partial charge in [0.05, 0.1) is 11.1 Å². The highest BCUT2D eigenvalue weighted by Crippen LogP contribution is 2.27. The van der Waals surface area contributed by atoms with Crippen LogP contribution in [0.3, 0.4) is 0 Å². The van der Waals surface area contributed by atoms with Crippen LogP contribution in [0.4, 0.5) is 11.4 Å². The molecule has 170 valence electrons. The second kappa shape index (κ2) is 11.3. The van der Waals surface area contributed by atoms with E-state index in [9.17, 15) is 9.59 Å². The second-order valence-electron chi connectivity index (χ2n) is 7.58. The molecule has 4 aromatic carbocycles. The van der Waals surface area contributed by atoms with Gasteiger partial charge in [-0.2, -0.15) is 0 Å². The summed E-state index contributed by atoms with van der Waals surface area (Å²) < 4.78 is 6.57. The predicted octanol–water partition coefficient (Wildman–Crippen LogP) is 6.58. The maximum absolute atomic E-state index is 12.7. The molecule has 0 atom stereocenters. The van der Waals surface area contributed by atoms with E-state index in [0.717, 1.165) is 6.42 Å². The van der Waals surface area contributed by atoms with Crippen molar-refractivity contribution in [2.75, 3.05) is 17.2 Å². The lowest BCUT2D eigenvalue weighted by Gasteiger charge is -2.11. The summed E-state index contributed by atoms with van der Waals surface area (Å²) in [6, 6.07) is 31.4. The van der Waals surface area contributed by atoms with Crippen LogP contribution in [0.5, 0.6) is 5.75 Å².